The predicted octanol–water partition coefficient (Wildman–Crippen LogP) is 3.42. The Morgan fingerprint density at radius 3 is 2.70 bits per heavy atom. The van der Waals surface area contributed by atoms with E-state index in [9.17, 15) is 4.79 Å². The van der Waals surface area contributed by atoms with E-state index in [0.717, 1.165) is 11.3 Å². The van der Waals surface area contributed by atoms with Crippen LogP contribution in [0.1, 0.15) is 19.4 Å². The van der Waals surface area contributed by atoms with Gasteiger partial charge in [-0.05, 0) is 30.7 Å². The number of hydrogen-bond donors (Lipinski definition) is 1. The van der Waals surface area contributed by atoms with E-state index in [4.69, 9.17) is 9.47 Å². The maximum absolute atomic E-state index is 10.9. The minimum atomic E-state index is -0.0534. The molecule has 0 aliphatic carbocycles. The first-order valence-corrected chi connectivity index (χ1v) is 7.30. The molecule has 1 amide bonds. The van der Waals surface area contributed by atoms with Gasteiger partial charge in [0.05, 0.1) is 7.11 Å². The third-order valence-corrected chi connectivity index (χ3v) is 3.03. The smallest absolute Gasteiger partial charge is 0.219 e. The lowest BCUT2D eigenvalue weighted by atomic mass is 10.2. The van der Waals surface area contributed by atoms with Crippen LogP contribution in [0.5, 0.6) is 17.4 Å². The topological polar surface area (TPSA) is 60.5 Å². The molecule has 1 aromatic carbocycles. The van der Waals surface area contributed by atoms with E-state index in [2.05, 4.69) is 10.3 Å². The molecule has 0 fully saturated rings. The highest BCUT2D eigenvalue weighted by atomic mass is 16.5. The standard InChI is InChI=1S/C18H20N2O3/c1-13(20-14(2)21)7-8-15-9-10-18(19-12-15)23-17-6-4-5-16(11-17)22-3/h4-13H,1-3H3,(H,20,21)/t13-/m0/s1. The summed E-state index contributed by atoms with van der Waals surface area (Å²) < 4.78 is 10.8. The van der Waals surface area contributed by atoms with Crippen LogP contribution >= 0.6 is 0 Å². The fraction of sp³-hybridized carbons (Fsp3) is 0.222. The maximum Gasteiger partial charge on any atom is 0.219 e. The normalized spacial score (nSPS) is 12.0. The van der Waals surface area contributed by atoms with Crippen molar-refractivity contribution in [3.63, 3.8) is 0 Å². The fourth-order valence-corrected chi connectivity index (χ4v) is 1.96. The van der Waals surface area contributed by atoms with Crippen molar-refractivity contribution >= 4 is 12.0 Å². The van der Waals surface area contributed by atoms with Crippen molar-refractivity contribution < 1.29 is 14.3 Å². The van der Waals surface area contributed by atoms with Crippen molar-refractivity contribution in [2.45, 2.75) is 19.9 Å². The number of carbonyl (C=O) groups is 1. The van der Waals surface area contributed by atoms with E-state index >= 15 is 0 Å². The van der Waals surface area contributed by atoms with Crippen molar-refractivity contribution in [1.29, 1.82) is 0 Å². The molecule has 5 nitrogen and oxygen atoms in total. The van der Waals surface area contributed by atoms with Crippen LogP contribution in [0.3, 0.4) is 0 Å². The van der Waals surface area contributed by atoms with E-state index in [1.165, 1.54) is 6.92 Å². The van der Waals surface area contributed by atoms with Gasteiger partial charge in [0.2, 0.25) is 11.8 Å². The van der Waals surface area contributed by atoms with Gasteiger partial charge in [-0.2, -0.15) is 0 Å². The molecule has 0 radical (unpaired) electrons. The lowest BCUT2D eigenvalue weighted by molar-refractivity contribution is -0.119. The van der Waals surface area contributed by atoms with Crippen molar-refractivity contribution in [2.24, 2.45) is 0 Å². The second kappa shape index (κ2) is 7.98. The van der Waals surface area contributed by atoms with E-state index in [-0.39, 0.29) is 11.9 Å². The average molecular weight is 312 g/mol. The molecule has 2 rings (SSSR count). The van der Waals surface area contributed by atoms with E-state index in [0.29, 0.717) is 11.6 Å². The molecule has 0 spiro atoms. The minimum Gasteiger partial charge on any atom is -0.497 e. The number of aromatic nitrogens is 1. The fourth-order valence-electron chi connectivity index (χ4n) is 1.96. The van der Waals surface area contributed by atoms with Crippen molar-refractivity contribution in [1.82, 2.24) is 10.3 Å². The minimum absolute atomic E-state index is 0.0276. The lowest BCUT2D eigenvalue weighted by Crippen LogP contribution is -2.28. The zero-order valence-electron chi connectivity index (χ0n) is 13.4. The molecule has 120 valence electrons. The Morgan fingerprint density at radius 1 is 1.26 bits per heavy atom. The largest absolute Gasteiger partial charge is 0.497 e. The van der Waals surface area contributed by atoms with Crippen LogP contribution in [0, 0.1) is 0 Å². The summed E-state index contributed by atoms with van der Waals surface area (Å²) in [7, 11) is 1.61. The van der Waals surface area contributed by atoms with Gasteiger partial charge in [-0.1, -0.05) is 18.2 Å². The number of amides is 1. The number of nitrogens with one attached hydrogen (secondary N) is 1. The molecule has 0 aliphatic rings. The number of benzene rings is 1. The molecule has 2 aromatic rings. The van der Waals surface area contributed by atoms with Gasteiger partial charge in [0.25, 0.3) is 0 Å². The van der Waals surface area contributed by atoms with Gasteiger partial charge in [-0.3, -0.25) is 4.79 Å². The quantitative estimate of drug-likeness (QED) is 0.888. The molecule has 1 N–H and O–H groups in total. The molecule has 0 unspecified atom stereocenters. The van der Waals surface area contributed by atoms with Crippen molar-refractivity contribution in [3.8, 4) is 17.4 Å². The summed E-state index contributed by atoms with van der Waals surface area (Å²) in [6.45, 7) is 3.40. The maximum atomic E-state index is 10.9. The number of methoxy groups -OCH3 is 1. The number of pyridine rings is 1. The number of ether oxygens (including phenoxy) is 2. The zero-order valence-corrected chi connectivity index (χ0v) is 13.4. The van der Waals surface area contributed by atoms with Gasteiger partial charge in [-0.15, -0.1) is 0 Å². The van der Waals surface area contributed by atoms with Crippen LogP contribution in [-0.2, 0) is 4.79 Å². The van der Waals surface area contributed by atoms with Crippen LogP contribution < -0.4 is 14.8 Å². The van der Waals surface area contributed by atoms with Gasteiger partial charge in [0.15, 0.2) is 0 Å². The molecule has 1 heterocycles. The highest BCUT2D eigenvalue weighted by molar-refractivity contribution is 5.73. The number of hydrogen-bond acceptors (Lipinski definition) is 4. The van der Waals surface area contributed by atoms with Gasteiger partial charge >= 0.3 is 0 Å². The summed E-state index contributed by atoms with van der Waals surface area (Å²) in [5.74, 6) is 1.85. The molecule has 1 aromatic heterocycles. The molecule has 0 bridgehead atoms. The van der Waals surface area contributed by atoms with Crippen molar-refractivity contribution in [3.05, 3.63) is 54.2 Å². The van der Waals surface area contributed by atoms with Crippen molar-refractivity contribution in [2.75, 3.05) is 7.11 Å². The average Bonchev–Trinajstić information content (AvgIpc) is 2.54. The second-order valence-electron chi connectivity index (χ2n) is 5.06. The molecule has 0 saturated heterocycles. The Bertz CT molecular complexity index is 681. The number of nitrogens with zero attached hydrogens (tertiary/aromatic N) is 1. The Balaban J connectivity index is 1.99. The molecule has 5 heteroatoms. The molecule has 0 saturated carbocycles. The molecule has 23 heavy (non-hydrogen) atoms. The van der Waals surface area contributed by atoms with Gasteiger partial charge in [0, 0.05) is 31.3 Å². The molecular formula is C18H20N2O3. The third kappa shape index (κ3) is 5.47. The summed E-state index contributed by atoms with van der Waals surface area (Å²) >= 11 is 0. The first-order valence-electron chi connectivity index (χ1n) is 7.30. The lowest BCUT2D eigenvalue weighted by Gasteiger charge is -2.07. The highest BCUT2D eigenvalue weighted by Crippen LogP contribution is 2.23. The van der Waals surface area contributed by atoms with E-state index in [1.807, 2.05) is 43.3 Å². The van der Waals surface area contributed by atoms with Crippen LogP contribution in [0.15, 0.2) is 48.7 Å². The Labute approximate surface area is 136 Å². The van der Waals surface area contributed by atoms with Crippen LogP contribution in [0.2, 0.25) is 0 Å². The molecule has 1 atom stereocenters. The highest BCUT2D eigenvalue weighted by Gasteiger charge is 2.01. The SMILES string of the molecule is COc1cccc(Oc2ccc(C=C[C@H](C)NC(C)=O)cn2)c1. The number of rotatable bonds is 6. The monoisotopic (exact) mass is 312 g/mol. The second-order valence-corrected chi connectivity index (χ2v) is 5.06. The molecule has 0 aliphatic heterocycles. The Kier molecular flexibility index (Phi) is 5.74. The summed E-state index contributed by atoms with van der Waals surface area (Å²) in [4.78, 5) is 15.2. The summed E-state index contributed by atoms with van der Waals surface area (Å²) in [6, 6.07) is 11.0. The first-order chi connectivity index (χ1) is 11.1. The zero-order chi connectivity index (χ0) is 16.7. The van der Waals surface area contributed by atoms with Gasteiger partial charge < -0.3 is 14.8 Å². The summed E-state index contributed by atoms with van der Waals surface area (Å²) in [6.07, 6.45) is 5.52. The summed E-state index contributed by atoms with van der Waals surface area (Å²) in [5.41, 5.74) is 0.931. The van der Waals surface area contributed by atoms with E-state index < -0.39 is 0 Å². The third-order valence-electron chi connectivity index (χ3n) is 3.03. The van der Waals surface area contributed by atoms with Crippen LogP contribution in [-0.4, -0.2) is 24.0 Å². The Hall–Kier alpha value is -2.82. The predicted molar refractivity (Wildman–Crippen MR) is 89.6 cm³/mol. The summed E-state index contributed by atoms with van der Waals surface area (Å²) in [5, 5.41) is 2.79. The first kappa shape index (κ1) is 16.5. The van der Waals surface area contributed by atoms with Crippen LogP contribution in [0.4, 0.5) is 0 Å². The Morgan fingerprint density at radius 2 is 2.04 bits per heavy atom. The van der Waals surface area contributed by atoms with E-state index in [1.54, 1.807) is 25.4 Å². The van der Waals surface area contributed by atoms with Gasteiger partial charge in [-0.25, -0.2) is 4.98 Å². The molecular weight excluding hydrogens is 292 g/mol. The number of carbonyl (C=O) groups excluding carboxylic acids is 1. The van der Waals surface area contributed by atoms with Gasteiger partial charge in [0.1, 0.15) is 11.5 Å². The van der Waals surface area contributed by atoms with Crippen LogP contribution in [0.25, 0.3) is 6.08 Å².